The Morgan fingerprint density at radius 2 is 2.19 bits per heavy atom. The first kappa shape index (κ1) is 13.9. The van der Waals surface area contributed by atoms with Crippen LogP contribution in [0.15, 0.2) is 0 Å². The maximum absolute atomic E-state index is 5.22. The number of nitrogens with zero attached hydrogens (tertiary/aromatic N) is 1. The topological polar surface area (TPSA) is 24.5 Å². The maximum Gasteiger partial charge on any atom is 0.0615 e. The van der Waals surface area contributed by atoms with Gasteiger partial charge in [0.2, 0.25) is 0 Å². The number of ether oxygens (including phenoxy) is 1. The zero-order valence-corrected chi connectivity index (χ0v) is 11.3. The summed E-state index contributed by atoms with van der Waals surface area (Å²) in [5.41, 5.74) is 0. The van der Waals surface area contributed by atoms with Crippen molar-refractivity contribution < 1.29 is 4.74 Å². The monoisotopic (exact) mass is 228 g/mol. The molecule has 1 fully saturated rings. The van der Waals surface area contributed by atoms with Crippen LogP contribution >= 0.6 is 0 Å². The molecule has 3 heteroatoms. The molecule has 0 aromatic rings. The van der Waals surface area contributed by atoms with Gasteiger partial charge in [-0.05, 0) is 52.2 Å². The quantitative estimate of drug-likeness (QED) is 0.640. The summed E-state index contributed by atoms with van der Waals surface area (Å²) < 4.78 is 5.22. The highest BCUT2D eigenvalue weighted by molar-refractivity contribution is 4.90. The first-order chi connectivity index (χ1) is 7.70. The molecule has 0 saturated heterocycles. The molecule has 1 aliphatic carbocycles. The number of likely N-dealkylation sites (N-methyl/N-ethyl adjacent to an activating group) is 1. The van der Waals surface area contributed by atoms with Crippen LogP contribution in [-0.4, -0.2) is 50.8 Å². The van der Waals surface area contributed by atoms with Crippen LogP contribution in [-0.2, 0) is 4.74 Å². The third kappa shape index (κ3) is 3.72. The molecule has 1 aliphatic rings. The zero-order chi connectivity index (χ0) is 12.0. The van der Waals surface area contributed by atoms with E-state index < -0.39 is 0 Å². The molecule has 3 unspecified atom stereocenters. The lowest BCUT2D eigenvalue weighted by Gasteiger charge is -2.45. The smallest absolute Gasteiger partial charge is 0.0615 e. The molecule has 0 aromatic heterocycles. The standard InChI is InChI=1S/C13H28N2O/c1-5-8-14-9-12-6-7-13(12)15(3)11(2)10-16-4/h11-14H,5-10H2,1-4H3. The normalized spacial score (nSPS) is 26.8. The lowest BCUT2D eigenvalue weighted by molar-refractivity contribution is 0.0236. The second-order valence-electron chi connectivity index (χ2n) is 5.08. The summed E-state index contributed by atoms with van der Waals surface area (Å²) in [6.45, 7) is 7.64. The van der Waals surface area contributed by atoms with E-state index in [1.807, 2.05) is 0 Å². The fraction of sp³-hybridized carbons (Fsp3) is 1.00. The fourth-order valence-corrected chi connectivity index (χ4v) is 2.48. The van der Waals surface area contributed by atoms with E-state index in [1.165, 1.54) is 25.8 Å². The summed E-state index contributed by atoms with van der Waals surface area (Å²) in [6.07, 6.45) is 3.96. The second-order valence-corrected chi connectivity index (χ2v) is 5.08. The predicted molar refractivity (Wildman–Crippen MR) is 68.8 cm³/mol. The van der Waals surface area contributed by atoms with Crippen molar-refractivity contribution in [3.05, 3.63) is 0 Å². The van der Waals surface area contributed by atoms with Gasteiger partial charge in [-0.3, -0.25) is 4.90 Å². The van der Waals surface area contributed by atoms with Gasteiger partial charge in [0.25, 0.3) is 0 Å². The Kier molecular flexibility index (Phi) is 6.32. The van der Waals surface area contributed by atoms with Gasteiger partial charge in [0, 0.05) is 19.2 Å². The van der Waals surface area contributed by atoms with Gasteiger partial charge in [-0.25, -0.2) is 0 Å². The van der Waals surface area contributed by atoms with Crippen molar-refractivity contribution in [1.29, 1.82) is 0 Å². The minimum Gasteiger partial charge on any atom is -0.383 e. The molecule has 0 bridgehead atoms. The van der Waals surface area contributed by atoms with Gasteiger partial charge >= 0.3 is 0 Å². The molecule has 3 nitrogen and oxygen atoms in total. The molecule has 16 heavy (non-hydrogen) atoms. The van der Waals surface area contributed by atoms with E-state index in [9.17, 15) is 0 Å². The van der Waals surface area contributed by atoms with Crippen LogP contribution in [0.25, 0.3) is 0 Å². The van der Waals surface area contributed by atoms with Gasteiger partial charge < -0.3 is 10.1 Å². The molecular weight excluding hydrogens is 200 g/mol. The van der Waals surface area contributed by atoms with Crippen molar-refractivity contribution in [2.45, 2.75) is 45.2 Å². The van der Waals surface area contributed by atoms with Crippen LogP contribution in [0.2, 0.25) is 0 Å². The largest absolute Gasteiger partial charge is 0.383 e. The molecule has 3 atom stereocenters. The maximum atomic E-state index is 5.22. The summed E-state index contributed by atoms with van der Waals surface area (Å²) >= 11 is 0. The lowest BCUT2D eigenvalue weighted by Crippen LogP contribution is -2.52. The van der Waals surface area contributed by atoms with E-state index in [-0.39, 0.29) is 0 Å². The molecule has 0 aliphatic heterocycles. The Balaban J connectivity index is 2.25. The number of nitrogens with one attached hydrogen (secondary N) is 1. The fourth-order valence-electron chi connectivity index (χ4n) is 2.48. The lowest BCUT2D eigenvalue weighted by atomic mass is 9.78. The molecule has 0 spiro atoms. The molecule has 1 N–H and O–H groups in total. The highest BCUT2D eigenvalue weighted by atomic mass is 16.5. The second kappa shape index (κ2) is 7.25. The molecule has 0 amide bonds. The molecule has 0 heterocycles. The first-order valence-corrected chi connectivity index (χ1v) is 6.62. The van der Waals surface area contributed by atoms with Gasteiger partial charge in [0.05, 0.1) is 6.61 Å². The van der Waals surface area contributed by atoms with Crippen LogP contribution in [0.1, 0.15) is 33.1 Å². The third-order valence-corrected chi connectivity index (χ3v) is 3.84. The minimum atomic E-state index is 0.531. The van der Waals surface area contributed by atoms with E-state index in [2.05, 4.69) is 31.1 Å². The molecule has 96 valence electrons. The number of methoxy groups -OCH3 is 1. The first-order valence-electron chi connectivity index (χ1n) is 6.62. The van der Waals surface area contributed by atoms with Gasteiger partial charge in [0.1, 0.15) is 0 Å². The average molecular weight is 228 g/mol. The summed E-state index contributed by atoms with van der Waals surface area (Å²) in [5, 5.41) is 3.53. The van der Waals surface area contributed by atoms with Crippen molar-refractivity contribution >= 4 is 0 Å². The Morgan fingerprint density at radius 1 is 1.44 bits per heavy atom. The third-order valence-electron chi connectivity index (χ3n) is 3.84. The summed E-state index contributed by atoms with van der Waals surface area (Å²) in [5.74, 6) is 0.843. The Labute approximate surface area is 101 Å². The number of hydrogen-bond acceptors (Lipinski definition) is 3. The van der Waals surface area contributed by atoms with E-state index in [0.29, 0.717) is 6.04 Å². The zero-order valence-electron chi connectivity index (χ0n) is 11.3. The molecule has 0 aromatic carbocycles. The van der Waals surface area contributed by atoms with Crippen molar-refractivity contribution in [2.75, 3.05) is 33.9 Å². The summed E-state index contributed by atoms with van der Waals surface area (Å²) in [7, 11) is 4.02. The Bertz CT molecular complexity index is 187. The van der Waals surface area contributed by atoms with E-state index in [1.54, 1.807) is 7.11 Å². The van der Waals surface area contributed by atoms with Crippen LogP contribution < -0.4 is 5.32 Å². The summed E-state index contributed by atoms with van der Waals surface area (Å²) in [4.78, 5) is 2.49. The SMILES string of the molecule is CCCNCC1CCC1N(C)C(C)COC. The number of hydrogen-bond donors (Lipinski definition) is 1. The van der Waals surface area contributed by atoms with Crippen LogP contribution in [0.5, 0.6) is 0 Å². The highest BCUT2D eigenvalue weighted by Crippen LogP contribution is 2.31. The molecule has 1 rings (SSSR count). The van der Waals surface area contributed by atoms with Crippen LogP contribution in [0.4, 0.5) is 0 Å². The van der Waals surface area contributed by atoms with Crippen molar-refractivity contribution in [3.63, 3.8) is 0 Å². The highest BCUT2D eigenvalue weighted by Gasteiger charge is 2.34. The minimum absolute atomic E-state index is 0.531. The van der Waals surface area contributed by atoms with Gasteiger partial charge in [-0.15, -0.1) is 0 Å². The van der Waals surface area contributed by atoms with Crippen molar-refractivity contribution in [1.82, 2.24) is 10.2 Å². The molecular formula is C13H28N2O. The Morgan fingerprint density at radius 3 is 2.69 bits per heavy atom. The van der Waals surface area contributed by atoms with E-state index in [0.717, 1.165) is 25.1 Å². The van der Waals surface area contributed by atoms with Crippen molar-refractivity contribution in [3.8, 4) is 0 Å². The van der Waals surface area contributed by atoms with Gasteiger partial charge in [0.15, 0.2) is 0 Å². The van der Waals surface area contributed by atoms with E-state index in [4.69, 9.17) is 4.74 Å². The van der Waals surface area contributed by atoms with Gasteiger partial charge in [-0.1, -0.05) is 6.92 Å². The predicted octanol–water partition coefficient (Wildman–Crippen LogP) is 1.73. The Hall–Kier alpha value is -0.120. The van der Waals surface area contributed by atoms with Crippen LogP contribution in [0, 0.1) is 5.92 Å². The van der Waals surface area contributed by atoms with Crippen LogP contribution in [0.3, 0.4) is 0 Å². The molecule has 1 saturated carbocycles. The van der Waals surface area contributed by atoms with E-state index >= 15 is 0 Å². The van der Waals surface area contributed by atoms with Gasteiger partial charge in [-0.2, -0.15) is 0 Å². The number of rotatable bonds is 8. The summed E-state index contributed by atoms with van der Waals surface area (Å²) in [6, 6.07) is 1.29. The molecule has 0 radical (unpaired) electrons. The van der Waals surface area contributed by atoms with Crippen molar-refractivity contribution in [2.24, 2.45) is 5.92 Å². The average Bonchev–Trinajstić information content (AvgIpc) is 2.23.